The molecule has 0 spiro atoms. The molecular weight excluding hydrogens is 354 g/mol. The van der Waals surface area contributed by atoms with Crippen LogP contribution >= 0.6 is 0 Å². The van der Waals surface area contributed by atoms with Crippen molar-refractivity contribution in [1.29, 1.82) is 0 Å². The molecule has 1 aliphatic heterocycles. The van der Waals surface area contributed by atoms with E-state index in [2.05, 4.69) is 65.3 Å². The molecule has 7 heteroatoms. The number of nitrogens with one attached hydrogen (secondary N) is 2. The van der Waals surface area contributed by atoms with Gasteiger partial charge in [0.05, 0.1) is 12.2 Å². The molecule has 2 rings (SSSR count). The average molecular weight is 392 g/mol. The zero-order valence-corrected chi connectivity index (χ0v) is 18.1. The smallest absolute Gasteiger partial charge is 0.191 e. The van der Waals surface area contributed by atoms with E-state index in [1.807, 2.05) is 6.20 Å². The molecule has 0 saturated carbocycles. The lowest BCUT2D eigenvalue weighted by Crippen LogP contribution is -2.45. The van der Waals surface area contributed by atoms with E-state index in [0.717, 1.165) is 56.6 Å². The Kier molecular flexibility index (Phi) is 9.50. The number of pyridine rings is 1. The van der Waals surface area contributed by atoms with E-state index in [9.17, 15) is 0 Å². The number of hydrogen-bond donors (Lipinski definition) is 2. The van der Waals surface area contributed by atoms with E-state index >= 15 is 0 Å². The lowest BCUT2D eigenvalue weighted by Gasteiger charge is -2.36. The number of aliphatic imine (C=N–C) groups is 1. The number of guanidine groups is 1. The van der Waals surface area contributed by atoms with Gasteiger partial charge in [0, 0.05) is 52.6 Å². The van der Waals surface area contributed by atoms with Gasteiger partial charge >= 0.3 is 0 Å². The van der Waals surface area contributed by atoms with Crippen LogP contribution in [0, 0.1) is 5.92 Å². The molecule has 158 valence electrons. The standard InChI is InChI=1S/C21H37N5O2/c1-16(2)15-27-10-6-9-23-21(22-5)25-12-19-7-8-20(24-11-19)26-13-17(3)28-18(4)14-26/h7-8,11,16-18H,6,9-10,12-15H2,1-5H3,(H2,22,23,25). The summed E-state index contributed by atoms with van der Waals surface area (Å²) in [6, 6.07) is 4.21. The normalized spacial score (nSPS) is 20.5. The Hall–Kier alpha value is -1.86. The minimum absolute atomic E-state index is 0.233. The third-order valence-electron chi connectivity index (χ3n) is 4.45. The first-order chi connectivity index (χ1) is 13.5. The molecule has 2 unspecified atom stereocenters. The van der Waals surface area contributed by atoms with E-state index in [1.165, 1.54) is 0 Å². The SMILES string of the molecule is CN=C(NCCCOCC(C)C)NCc1ccc(N2CC(C)OC(C)C2)nc1. The molecule has 0 radical (unpaired) electrons. The molecule has 1 saturated heterocycles. The highest BCUT2D eigenvalue weighted by Crippen LogP contribution is 2.18. The maximum Gasteiger partial charge on any atom is 0.191 e. The lowest BCUT2D eigenvalue weighted by molar-refractivity contribution is -0.00545. The zero-order chi connectivity index (χ0) is 20.4. The summed E-state index contributed by atoms with van der Waals surface area (Å²) in [5.74, 6) is 2.39. The summed E-state index contributed by atoms with van der Waals surface area (Å²) in [5.41, 5.74) is 1.13. The number of ether oxygens (including phenoxy) is 2. The first-order valence-corrected chi connectivity index (χ1v) is 10.4. The fourth-order valence-electron chi connectivity index (χ4n) is 3.18. The Bertz CT molecular complexity index is 581. The highest BCUT2D eigenvalue weighted by molar-refractivity contribution is 5.79. The molecule has 0 aromatic carbocycles. The fourth-order valence-corrected chi connectivity index (χ4v) is 3.18. The molecule has 2 N–H and O–H groups in total. The van der Waals surface area contributed by atoms with Gasteiger partial charge in [-0.05, 0) is 37.8 Å². The second kappa shape index (κ2) is 11.9. The van der Waals surface area contributed by atoms with Gasteiger partial charge in [0.1, 0.15) is 5.82 Å². The van der Waals surface area contributed by atoms with Gasteiger partial charge in [-0.1, -0.05) is 19.9 Å². The van der Waals surface area contributed by atoms with Crippen molar-refractivity contribution in [2.24, 2.45) is 10.9 Å². The van der Waals surface area contributed by atoms with E-state index < -0.39 is 0 Å². The molecule has 1 fully saturated rings. The molecule has 0 amide bonds. The van der Waals surface area contributed by atoms with Gasteiger partial charge in [0.2, 0.25) is 0 Å². The second-order valence-electron chi connectivity index (χ2n) is 7.86. The van der Waals surface area contributed by atoms with Gasteiger partial charge in [0.15, 0.2) is 5.96 Å². The van der Waals surface area contributed by atoms with Crippen LogP contribution < -0.4 is 15.5 Å². The van der Waals surface area contributed by atoms with Gasteiger partial charge in [-0.15, -0.1) is 0 Å². The van der Waals surface area contributed by atoms with E-state index in [4.69, 9.17) is 9.47 Å². The Morgan fingerprint density at radius 1 is 1.29 bits per heavy atom. The molecule has 1 aromatic heterocycles. The summed E-state index contributed by atoms with van der Waals surface area (Å²) in [7, 11) is 1.78. The number of morpholine rings is 1. The summed E-state index contributed by atoms with van der Waals surface area (Å²) >= 11 is 0. The van der Waals surface area contributed by atoms with Crippen molar-refractivity contribution in [3.8, 4) is 0 Å². The molecule has 1 aromatic rings. The third-order valence-corrected chi connectivity index (χ3v) is 4.45. The summed E-state index contributed by atoms with van der Waals surface area (Å²) < 4.78 is 11.4. The minimum atomic E-state index is 0.233. The van der Waals surface area contributed by atoms with E-state index in [1.54, 1.807) is 7.05 Å². The van der Waals surface area contributed by atoms with E-state index in [0.29, 0.717) is 12.5 Å². The van der Waals surface area contributed by atoms with Crippen LogP contribution in [0.4, 0.5) is 5.82 Å². The van der Waals surface area contributed by atoms with Crippen LogP contribution in [0.15, 0.2) is 23.3 Å². The van der Waals surface area contributed by atoms with Gasteiger partial charge in [-0.2, -0.15) is 0 Å². The Morgan fingerprint density at radius 2 is 2.04 bits per heavy atom. The van der Waals surface area contributed by atoms with Gasteiger partial charge in [-0.3, -0.25) is 4.99 Å². The topological polar surface area (TPSA) is 71.0 Å². The lowest BCUT2D eigenvalue weighted by atomic mass is 10.2. The van der Waals surface area contributed by atoms with Crippen molar-refractivity contribution in [2.75, 3.05) is 44.8 Å². The number of hydrogen-bond acceptors (Lipinski definition) is 5. The van der Waals surface area contributed by atoms with Crippen LogP contribution in [0.25, 0.3) is 0 Å². The first-order valence-electron chi connectivity index (χ1n) is 10.4. The van der Waals surface area contributed by atoms with Crippen LogP contribution in [0.2, 0.25) is 0 Å². The minimum Gasteiger partial charge on any atom is -0.381 e. The summed E-state index contributed by atoms with van der Waals surface area (Å²) in [6.07, 6.45) is 3.36. The fraction of sp³-hybridized carbons (Fsp3) is 0.714. The van der Waals surface area contributed by atoms with Crippen LogP contribution in [0.5, 0.6) is 0 Å². The number of nitrogens with zero attached hydrogens (tertiary/aromatic N) is 3. The van der Waals surface area contributed by atoms with Crippen molar-refractivity contribution in [3.05, 3.63) is 23.9 Å². The maximum atomic E-state index is 5.80. The maximum absolute atomic E-state index is 5.80. The average Bonchev–Trinajstić information content (AvgIpc) is 2.66. The number of rotatable bonds is 9. The molecular formula is C21H37N5O2. The quantitative estimate of drug-likeness (QED) is 0.383. The first kappa shape index (κ1) is 22.4. The largest absolute Gasteiger partial charge is 0.381 e. The van der Waals surface area contributed by atoms with Crippen LogP contribution in [-0.4, -0.2) is 63.0 Å². The summed E-state index contributed by atoms with van der Waals surface area (Å²) in [5, 5.41) is 6.65. The molecule has 1 aliphatic rings. The summed E-state index contributed by atoms with van der Waals surface area (Å²) in [4.78, 5) is 11.2. The van der Waals surface area contributed by atoms with Gasteiger partial charge < -0.3 is 25.0 Å². The highest BCUT2D eigenvalue weighted by Gasteiger charge is 2.22. The predicted octanol–water partition coefficient (Wildman–Crippen LogP) is 2.42. The Balaban J connectivity index is 1.71. The number of aromatic nitrogens is 1. The van der Waals surface area contributed by atoms with Crippen LogP contribution in [0.1, 0.15) is 39.7 Å². The van der Waals surface area contributed by atoms with Crippen molar-refractivity contribution in [2.45, 2.75) is 52.9 Å². The molecule has 0 bridgehead atoms. The van der Waals surface area contributed by atoms with Crippen molar-refractivity contribution in [1.82, 2.24) is 15.6 Å². The number of anilines is 1. The molecule has 2 atom stereocenters. The Labute approximate surface area is 169 Å². The highest BCUT2D eigenvalue weighted by atomic mass is 16.5. The van der Waals surface area contributed by atoms with Crippen molar-refractivity contribution in [3.63, 3.8) is 0 Å². The van der Waals surface area contributed by atoms with Gasteiger partial charge in [0.25, 0.3) is 0 Å². The van der Waals surface area contributed by atoms with Crippen molar-refractivity contribution < 1.29 is 9.47 Å². The summed E-state index contributed by atoms with van der Waals surface area (Å²) in [6.45, 7) is 13.4. The molecule has 0 aliphatic carbocycles. The Morgan fingerprint density at radius 3 is 2.64 bits per heavy atom. The second-order valence-corrected chi connectivity index (χ2v) is 7.86. The third kappa shape index (κ3) is 8.02. The zero-order valence-electron chi connectivity index (χ0n) is 18.1. The van der Waals surface area contributed by atoms with Crippen molar-refractivity contribution >= 4 is 11.8 Å². The molecule has 28 heavy (non-hydrogen) atoms. The van der Waals surface area contributed by atoms with Crippen LogP contribution in [0.3, 0.4) is 0 Å². The van der Waals surface area contributed by atoms with Gasteiger partial charge in [-0.25, -0.2) is 4.98 Å². The molecule has 7 nitrogen and oxygen atoms in total. The van der Waals surface area contributed by atoms with Crippen LogP contribution in [-0.2, 0) is 16.0 Å². The van der Waals surface area contributed by atoms with E-state index in [-0.39, 0.29) is 12.2 Å². The molecule has 2 heterocycles. The predicted molar refractivity (Wildman–Crippen MR) is 115 cm³/mol. The monoisotopic (exact) mass is 391 g/mol.